The fraction of sp³-hybridized carbons (Fsp3) is 0.600. The first-order chi connectivity index (χ1) is 12.6. The summed E-state index contributed by atoms with van der Waals surface area (Å²) in [4.78, 5) is 0. The van der Waals surface area contributed by atoms with Crippen molar-refractivity contribution >= 4 is 0 Å². The van der Waals surface area contributed by atoms with Gasteiger partial charge in [-0.3, -0.25) is 0 Å². The molecule has 0 aliphatic carbocycles. The molecule has 0 aromatic heterocycles. The van der Waals surface area contributed by atoms with Crippen LogP contribution in [0.1, 0.15) is 11.1 Å². The highest BCUT2D eigenvalue weighted by Gasteiger charge is 2.65. The highest BCUT2D eigenvalue weighted by atomic mass is 19.4. The van der Waals surface area contributed by atoms with E-state index < -0.39 is 55.8 Å². The third-order valence-corrected chi connectivity index (χ3v) is 4.43. The standard InChI is InChI=1S/C15H17F3N2O7/c16-15(17,18)14(19-20-14)7-2-1-6(4-21)8(3-7)26-13-12(25)11(24)10(23)9(5-22)27-13/h1-3,9-13,21-25H,4-5H2/t9-,10-,11+,12-,13-/m1/s1. The second-order valence-corrected chi connectivity index (χ2v) is 6.17. The quantitative estimate of drug-likeness (QED) is 0.454. The first-order valence-corrected chi connectivity index (χ1v) is 7.87. The molecule has 2 heterocycles. The average Bonchev–Trinajstić information content (AvgIpc) is 3.44. The number of hydrogen-bond acceptors (Lipinski definition) is 9. The molecule has 1 aromatic carbocycles. The fourth-order valence-corrected chi connectivity index (χ4v) is 2.74. The number of rotatable bonds is 5. The minimum Gasteiger partial charge on any atom is -0.462 e. The lowest BCUT2D eigenvalue weighted by molar-refractivity contribution is -0.277. The van der Waals surface area contributed by atoms with E-state index in [1.807, 2.05) is 0 Å². The van der Waals surface area contributed by atoms with Crippen LogP contribution in [-0.2, 0) is 17.0 Å². The summed E-state index contributed by atoms with van der Waals surface area (Å²) in [6.07, 6.45) is -12.7. The number of aliphatic hydroxyl groups is 5. The van der Waals surface area contributed by atoms with E-state index in [0.29, 0.717) is 0 Å². The third kappa shape index (κ3) is 3.39. The van der Waals surface area contributed by atoms with Gasteiger partial charge in [-0.15, -0.1) is 10.2 Å². The molecule has 0 amide bonds. The Hall–Kier alpha value is -1.83. The Morgan fingerprint density at radius 1 is 1.07 bits per heavy atom. The molecule has 2 aliphatic heterocycles. The lowest BCUT2D eigenvalue weighted by atomic mass is 9.99. The molecule has 27 heavy (non-hydrogen) atoms. The highest BCUT2D eigenvalue weighted by molar-refractivity contribution is 5.42. The zero-order valence-electron chi connectivity index (χ0n) is 13.6. The Morgan fingerprint density at radius 3 is 2.26 bits per heavy atom. The Labute approximate surface area is 150 Å². The van der Waals surface area contributed by atoms with E-state index >= 15 is 0 Å². The minimum atomic E-state index is -4.77. The van der Waals surface area contributed by atoms with Gasteiger partial charge < -0.3 is 35.0 Å². The first kappa shape index (κ1) is 19.9. The van der Waals surface area contributed by atoms with Crippen molar-refractivity contribution < 1.29 is 48.2 Å². The van der Waals surface area contributed by atoms with Crippen molar-refractivity contribution in [1.82, 2.24) is 0 Å². The van der Waals surface area contributed by atoms with Gasteiger partial charge in [0.05, 0.1) is 13.2 Å². The van der Waals surface area contributed by atoms with E-state index in [-0.39, 0.29) is 16.9 Å². The van der Waals surface area contributed by atoms with Crippen molar-refractivity contribution in [1.29, 1.82) is 0 Å². The van der Waals surface area contributed by atoms with Gasteiger partial charge >= 0.3 is 11.8 Å². The zero-order chi connectivity index (χ0) is 20.0. The summed E-state index contributed by atoms with van der Waals surface area (Å²) in [5.41, 5.74) is -3.01. The molecule has 0 saturated carbocycles. The van der Waals surface area contributed by atoms with Gasteiger partial charge in [-0.05, 0) is 6.07 Å². The van der Waals surface area contributed by atoms with Crippen LogP contribution in [0.3, 0.4) is 0 Å². The van der Waals surface area contributed by atoms with Gasteiger partial charge in [-0.2, -0.15) is 13.2 Å². The van der Waals surface area contributed by atoms with E-state index in [1.165, 1.54) is 6.07 Å². The molecule has 5 atom stereocenters. The molecule has 150 valence electrons. The van der Waals surface area contributed by atoms with Crippen LogP contribution < -0.4 is 4.74 Å². The topological polar surface area (TPSA) is 144 Å². The van der Waals surface area contributed by atoms with Crippen LogP contribution in [0.4, 0.5) is 13.2 Å². The van der Waals surface area contributed by atoms with E-state index in [2.05, 4.69) is 10.2 Å². The van der Waals surface area contributed by atoms with Crippen molar-refractivity contribution in [2.75, 3.05) is 6.61 Å². The van der Waals surface area contributed by atoms with Gasteiger partial charge in [-0.25, -0.2) is 0 Å². The van der Waals surface area contributed by atoms with Crippen molar-refractivity contribution in [3.63, 3.8) is 0 Å². The lowest BCUT2D eigenvalue weighted by Crippen LogP contribution is -2.60. The summed E-state index contributed by atoms with van der Waals surface area (Å²) in [5.74, 6) is -0.264. The Bertz CT molecular complexity index is 722. The number of aliphatic hydroxyl groups excluding tert-OH is 5. The molecule has 0 unspecified atom stereocenters. The van der Waals surface area contributed by atoms with Gasteiger partial charge in [0.15, 0.2) is 0 Å². The summed E-state index contributed by atoms with van der Waals surface area (Å²) < 4.78 is 50.0. The van der Waals surface area contributed by atoms with Crippen LogP contribution in [0.25, 0.3) is 0 Å². The van der Waals surface area contributed by atoms with Crippen LogP contribution in [0.5, 0.6) is 5.75 Å². The molecule has 5 N–H and O–H groups in total. The number of halogens is 3. The van der Waals surface area contributed by atoms with Gasteiger partial charge in [0.2, 0.25) is 6.29 Å². The molecule has 1 saturated heterocycles. The van der Waals surface area contributed by atoms with E-state index in [0.717, 1.165) is 12.1 Å². The maximum absolute atomic E-state index is 13.2. The average molecular weight is 394 g/mol. The Balaban J connectivity index is 1.89. The molecule has 2 aliphatic rings. The summed E-state index contributed by atoms with van der Waals surface area (Å²) in [5, 5.41) is 54.2. The predicted molar refractivity (Wildman–Crippen MR) is 79.3 cm³/mol. The molecular formula is C15H17F3N2O7. The fourth-order valence-electron chi connectivity index (χ4n) is 2.74. The Morgan fingerprint density at radius 2 is 1.74 bits per heavy atom. The van der Waals surface area contributed by atoms with Crippen LogP contribution >= 0.6 is 0 Å². The Kier molecular flexibility index (Phi) is 5.14. The molecule has 0 spiro atoms. The number of nitrogens with zero attached hydrogens (tertiary/aromatic N) is 2. The van der Waals surface area contributed by atoms with E-state index in [1.54, 1.807) is 0 Å². The normalized spacial score (nSPS) is 32.4. The monoisotopic (exact) mass is 394 g/mol. The molecule has 0 bridgehead atoms. The molecular weight excluding hydrogens is 377 g/mol. The molecule has 3 rings (SSSR count). The van der Waals surface area contributed by atoms with Crippen molar-refractivity contribution in [2.24, 2.45) is 10.2 Å². The van der Waals surface area contributed by atoms with Gasteiger partial charge in [0.25, 0.3) is 0 Å². The van der Waals surface area contributed by atoms with Crippen molar-refractivity contribution in [3.05, 3.63) is 29.3 Å². The molecule has 1 aromatic rings. The first-order valence-electron chi connectivity index (χ1n) is 7.87. The number of hydrogen-bond donors (Lipinski definition) is 5. The van der Waals surface area contributed by atoms with Crippen LogP contribution in [0.15, 0.2) is 28.4 Å². The van der Waals surface area contributed by atoms with Crippen LogP contribution in [0, 0.1) is 0 Å². The molecule has 9 nitrogen and oxygen atoms in total. The molecule has 1 fully saturated rings. The molecule has 12 heteroatoms. The van der Waals surface area contributed by atoms with Crippen molar-refractivity contribution in [2.45, 2.75) is 49.2 Å². The minimum absolute atomic E-state index is 0.0775. The number of ether oxygens (including phenoxy) is 2. The van der Waals surface area contributed by atoms with Crippen molar-refractivity contribution in [3.8, 4) is 5.75 Å². The largest absolute Gasteiger partial charge is 0.462 e. The van der Waals surface area contributed by atoms with Crippen LogP contribution in [-0.4, -0.2) is 69.0 Å². The second kappa shape index (κ2) is 6.96. The second-order valence-electron chi connectivity index (χ2n) is 6.17. The summed E-state index contributed by atoms with van der Waals surface area (Å²) in [7, 11) is 0. The number of benzene rings is 1. The summed E-state index contributed by atoms with van der Waals surface area (Å²) >= 11 is 0. The zero-order valence-corrected chi connectivity index (χ0v) is 13.6. The highest BCUT2D eigenvalue weighted by Crippen LogP contribution is 2.53. The third-order valence-electron chi connectivity index (χ3n) is 4.43. The SMILES string of the molecule is OCc1ccc(C2(C(F)(F)F)N=N2)cc1O[C@@H]1O[C@H](CO)[C@@H](O)[C@H](O)[C@H]1O. The lowest BCUT2D eigenvalue weighted by Gasteiger charge is -2.39. The van der Waals surface area contributed by atoms with Gasteiger partial charge in [-0.1, -0.05) is 12.1 Å². The van der Waals surface area contributed by atoms with Gasteiger partial charge in [0.1, 0.15) is 30.2 Å². The number of alkyl halides is 3. The van der Waals surface area contributed by atoms with E-state index in [4.69, 9.17) is 9.47 Å². The van der Waals surface area contributed by atoms with E-state index in [9.17, 15) is 38.7 Å². The molecule has 0 radical (unpaired) electrons. The van der Waals surface area contributed by atoms with Gasteiger partial charge in [0, 0.05) is 11.1 Å². The maximum Gasteiger partial charge on any atom is 0.442 e. The summed E-state index contributed by atoms with van der Waals surface area (Å²) in [6.45, 7) is -1.30. The maximum atomic E-state index is 13.2. The predicted octanol–water partition coefficient (Wildman–Crippen LogP) is -0.462. The summed E-state index contributed by atoms with van der Waals surface area (Å²) in [6, 6.07) is 3.20. The smallest absolute Gasteiger partial charge is 0.442 e. The van der Waals surface area contributed by atoms with Crippen LogP contribution in [0.2, 0.25) is 0 Å².